The molecule has 1 aliphatic rings. The molecule has 3 aromatic carbocycles. The number of carbonyl (C=O) groups excluding carboxylic acids is 2. The van der Waals surface area contributed by atoms with E-state index < -0.39 is 17.7 Å². The molecule has 1 saturated heterocycles. The molecule has 1 fully saturated rings. The molecule has 1 aliphatic heterocycles. The minimum Gasteiger partial charge on any atom is -0.507 e. The molecular weight excluding hydrogens is 540 g/mol. The molecule has 2 heterocycles. The number of aromatic nitrogens is 1. The maximum absolute atomic E-state index is 13.6. The Kier molecular flexibility index (Phi) is 7.45. The third-order valence-corrected chi connectivity index (χ3v) is 7.55. The Morgan fingerprint density at radius 2 is 1.85 bits per heavy atom. The van der Waals surface area contributed by atoms with Crippen molar-refractivity contribution in [1.82, 2.24) is 4.98 Å². The fourth-order valence-corrected chi connectivity index (χ4v) is 5.73. The van der Waals surface area contributed by atoms with Gasteiger partial charge in [0.05, 0.1) is 42.7 Å². The van der Waals surface area contributed by atoms with Gasteiger partial charge in [-0.15, -0.1) is 0 Å². The fourth-order valence-electron chi connectivity index (χ4n) is 4.47. The van der Waals surface area contributed by atoms with Crippen LogP contribution in [-0.2, 0) is 9.59 Å². The van der Waals surface area contributed by atoms with Crippen LogP contribution in [0.1, 0.15) is 30.5 Å². The van der Waals surface area contributed by atoms with E-state index in [0.717, 1.165) is 11.1 Å². The Hall–Kier alpha value is -4.08. The summed E-state index contributed by atoms with van der Waals surface area (Å²) in [4.78, 5) is 33.0. The minimum absolute atomic E-state index is 0.0721. The van der Waals surface area contributed by atoms with Crippen molar-refractivity contribution in [2.45, 2.75) is 19.4 Å². The van der Waals surface area contributed by atoms with Crippen LogP contribution in [0.5, 0.6) is 17.2 Å². The molecule has 0 radical (unpaired) electrons. The molecule has 4 aromatic rings. The van der Waals surface area contributed by atoms with Crippen LogP contribution in [0.2, 0.25) is 5.02 Å². The number of hydrogen-bond donors (Lipinski definition) is 1. The van der Waals surface area contributed by atoms with E-state index >= 15 is 0 Å². The summed E-state index contributed by atoms with van der Waals surface area (Å²) in [5, 5.41) is 12.3. The van der Waals surface area contributed by atoms with E-state index in [-0.39, 0.29) is 11.3 Å². The van der Waals surface area contributed by atoms with Crippen LogP contribution in [0.4, 0.5) is 5.13 Å². The van der Waals surface area contributed by atoms with Gasteiger partial charge in [0.1, 0.15) is 11.5 Å². The monoisotopic (exact) mass is 564 g/mol. The van der Waals surface area contributed by atoms with Gasteiger partial charge >= 0.3 is 5.91 Å². The second-order valence-electron chi connectivity index (χ2n) is 8.77. The largest absolute Gasteiger partial charge is 0.507 e. The van der Waals surface area contributed by atoms with Gasteiger partial charge in [-0.05, 0) is 54.4 Å². The molecule has 1 N–H and O–H groups in total. The Labute approximate surface area is 234 Å². The van der Waals surface area contributed by atoms with E-state index in [1.54, 1.807) is 60.7 Å². The Morgan fingerprint density at radius 3 is 2.59 bits per heavy atom. The third-order valence-electron chi connectivity index (χ3n) is 6.29. The zero-order valence-electron chi connectivity index (χ0n) is 21.4. The maximum atomic E-state index is 13.6. The number of rotatable bonds is 8. The first kappa shape index (κ1) is 26.5. The molecule has 0 spiro atoms. The summed E-state index contributed by atoms with van der Waals surface area (Å²) in [7, 11) is 3.02. The van der Waals surface area contributed by atoms with Crippen molar-refractivity contribution in [3.05, 3.63) is 82.4 Å². The lowest BCUT2D eigenvalue weighted by atomic mass is 9.95. The predicted octanol–water partition coefficient (Wildman–Crippen LogP) is 6.38. The third kappa shape index (κ3) is 4.91. The van der Waals surface area contributed by atoms with Gasteiger partial charge in [-0.25, -0.2) is 4.98 Å². The molecule has 1 aromatic heterocycles. The number of fused-ring (bicyclic) bond motifs is 1. The number of Topliss-reactive ketones (excluding diaryl/α,β-unsaturated/α-hetero) is 1. The summed E-state index contributed by atoms with van der Waals surface area (Å²) < 4.78 is 17.3. The average Bonchev–Trinajstić information content (AvgIpc) is 3.48. The first-order chi connectivity index (χ1) is 18.9. The average molecular weight is 565 g/mol. The molecule has 0 aliphatic carbocycles. The van der Waals surface area contributed by atoms with Gasteiger partial charge in [-0.2, -0.15) is 0 Å². The zero-order valence-corrected chi connectivity index (χ0v) is 23.0. The number of aliphatic hydroxyl groups is 1. The Morgan fingerprint density at radius 1 is 1.05 bits per heavy atom. The van der Waals surface area contributed by atoms with E-state index in [1.165, 1.54) is 30.5 Å². The van der Waals surface area contributed by atoms with E-state index in [0.29, 0.717) is 50.7 Å². The number of carbonyl (C=O) groups is 2. The summed E-state index contributed by atoms with van der Waals surface area (Å²) in [5.41, 5.74) is 1.44. The van der Waals surface area contributed by atoms with Crippen LogP contribution in [0, 0.1) is 0 Å². The number of methoxy groups -OCH3 is 2. The Bertz CT molecular complexity index is 1610. The number of ether oxygens (including phenoxy) is 3. The summed E-state index contributed by atoms with van der Waals surface area (Å²) in [6, 6.07) is 16.1. The van der Waals surface area contributed by atoms with Crippen molar-refractivity contribution in [3.8, 4) is 17.2 Å². The Balaban J connectivity index is 1.71. The van der Waals surface area contributed by atoms with Crippen LogP contribution in [0.3, 0.4) is 0 Å². The van der Waals surface area contributed by atoms with Crippen molar-refractivity contribution < 1.29 is 28.9 Å². The van der Waals surface area contributed by atoms with Gasteiger partial charge in [0.15, 0.2) is 16.6 Å². The highest BCUT2D eigenvalue weighted by atomic mass is 35.5. The summed E-state index contributed by atoms with van der Waals surface area (Å²) in [6.07, 6.45) is 0.813. The number of thiazole rings is 1. The van der Waals surface area contributed by atoms with Gasteiger partial charge in [-0.3, -0.25) is 14.5 Å². The predicted molar refractivity (Wildman–Crippen MR) is 151 cm³/mol. The first-order valence-electron chi connectivity index (χ1n) is 12.2. The van der Waals surface area contributed by atoms with Crippen LogP contribution < -0.4 is 19.1 Å². The molecular formula is C29H25ClN2O6S. The van der Waals surface area contributed by atoms with Crippen LogP contribution in [0.25, 0.3) is 16.0 Å². The van der Waals surface area contributed by atoms with E-state index in [4.69, 9.17) is 25.8 Å². The zero-order chi connectivity index (χ0) is 27.7. The molecule has 1 atom stereocenters. The SMILES string of the molecule is CCCOc1cccc(/C(O)=C2\C(=O)C(=O)N(c3nc4ccc(Cl)cc4s3)C2c2ccc(OC)c(OC)c2)c1. The fraction of sp³-hybridized carbons (Fsp3) is 0.207. The number of nitrogens with zero attached hydrogens (tertiary/aromatic N) is 2. The number of anilines is 1. The van der Waals surface area contributed by atoms with Gasteiger partial charge in [-0.1, -0.05) is 48.1 Å². The van der Waals surface area contributed by atoms with Crippen molar-refractivity contribution in [3.63, 3.8) is 0 Å². The lowest BCUT2D eigenvalue weighted by molar-refractivity contribution is -0.132. The lowest BCUT2D eigenvalue weighted by Gasteiger charge is -2.23. The number of hydrogen-bond acceptors (Lipinski definition) is 8. The number of ketones is 1. The quantitative estimate of drug-likeness (QED) is 0.150. The second-order valence-corrected chi connectivity index (χ2v) is 10.2. The molecule has 8 nitrogen and oxygen atoms in total. The smallest absolute Gasteiger partial charge is 0.301 e. The molecule has 0 bridgehead atoms. The van der Waals surface area contributed by atoms with Gasteiger partial charge < -0.3 is 19.3 Å². The molecule has 200 valence electrons. The van der Waals surface area contributed by atoms with E-state index in [9.17, 15) is 14.7 Å². The minimum atomic E-state index is -0.985. The van der Waals surface area contributed by atoms with Crippen LogP contribution >= 0.6 is 22.9 Å². The molecule has 5 rings (SSSR count). The van der Waals surface area contributed by atoms with Crippen LogP contribution in [0.15, 0.2) is 66.2 Å². The second kappa shape index (κ2) is 11.0. The normalized spacial score (nSPS) is 16.6. The van der Waals surface area contributed by atoms with Crippen LogP contribution in [-0.4, -0.2) is 42.6 Å². The lowest BCUT2D eigenvalue weighted by Crippen LogP contribution is -2.29. The highest BCUT2D eigenvalue weighted by molar-refractivity contribution is 7.22. The van der Waals surface area contributed by atoms with Crippen molar-refractivity contribution >= 4 is 55.7 Å². The summed E-state index contributed by atoms with van der Waals surface area (Å²) in [5.74, 6) is -0.521. The van der Waals surface area contributed by atoms with Gasteiger partial charge in [0.25, 0.3) is 5.78 Å². The highest BCUT2D eigenvalue weighted by Crippen LogP contribution is 2.46. The molecule has 39 heavy (non-hydrogen) atoms. The van der Waals surface area contributed by atoms with Gasteiger partial charge in [0.2, 0.25) is 0 Å². The van der Waals surface area contributed by atoms with Crippen molar-refractivity contribution in [1.29, 1.82) is 0 Å². The standard InChI is InChI=1S/C29H25ClN2O6S/c1-4-12-38-19-7-5-6-17(13-19)26(33)24-25(16-8-11-21(36-2)22(14-16)37-3)32(28(35)27(24)34)29-31-20-10-9-18(30)15-23(20)39-29/h5-11,13-15,25,33H,4,12H2,1-3H3/b26-24+. The number of aliphatic hydroxyl groups excluding tert-OH is 1. The van der Waals surface area contributed by atoms with Crippen molar-refractivity contribution in [2.24, 2.45) is 0 Å². The van der Waals surface area contributed by atoms with Crippen molar-refractivity contribution in [2.75, 3.05) is 25.7 Å². The van der Waals surface area contributed by atoms with Gasteiger partial charge in [0, 0.05) is 10.6 Å². The molecule has 1 amide bonds. The molecule has 1 unspecified atom stereocenters. The topological polar surface area (TPSA) is 98.2 Å². The summed E-state index contributed by atoms with van der Waals surface area (Å²) in [6.45, 7) is 2.49. The van der Waals surface area contributed by atoms with E-state index in [1.807, 2.05) is 6.92 Å². The summed E-state index contributed by atoms with van der Waals surface area (Å²) >= 11 is 7.40. The number of amides is 1. The molecule has 10 heteroatoms. The molecule has 0 saturated carbocycles. The van der Waals surface area contributed by atoms with E-state index in [2.05, 4.69) is 4.98 Å². The number of halogens is 1. The highest BCUT2D eigenvalue weighted by Gasteiger charge is 2.48. The maximum Gasteiger partial charge on any atom is 0.301 e. The number of benzene rings is 3. The first-order valence-corrected chi connectivity index (χ1v) is 13.4.